The third-order valence-electron chi connectivity index (χ3n) is 4.02. The van der Waals surface area contributed by atoms with Crippen LogP contribution in [0.15, 0.2) is 60.7 Å². The average molecular weight is 354 g/mol. The zero-order valence-corrected chi connectivity index (χ0v) is 14.2. The number of fused-ring (bicyclic) bond motifs is 1. The number of rotatable bonds is 4. The van der Waals surface area contributed by atoms with Gasteiger partial charge in [0, 0.05) is 16.1 Å². The number of carboxylic acid groups (broad SMARTS) is 1. The zero-order chi connectivity index (χ0) is 18.0. The molecule has 0 unspecified atom stereocenters. The fourth-order valence-corrected chi connectivity index (χ4v) is 2.85. The molecule has 0 spiro atoms. The van der Waals surface area contributed by atoms with Gasteiger partial charge in [0.05, 0.1) is 0 Å². The van der Waals surface area contributed by atoms with E-state index in [1.165, 1.54) is 6.92 Å². The summed E-state index contributed by atoms with van der Waals surface area (Å²) in [6.45, 7) is 1.43. The van der Waals surface area contributed by atoms with E-state index < -0.39 is 17.9 Å². The number of hydrogen-bond donors (Lipinski definition) is 2. The van der Waals surface area contributed by atoms with Crippen molar-refractivity contribution in [3.05, 3.63) is 71.2 Å². The van der Waals surface area contributed by atoms with Gasteiger partial charge in [-0.1, -0.05) is 54.1 Å². The lowest BCUT2D eigenvalue weighted by Crippen LogP contribution is -2.38. The van der Waals surface area contributed by atoms with Crippen molar-refractivity contribution in [1.29, 1.82) is 0 Å². The molecular weight excluding hydrogens is 338 g/mol. The number of carboxylic acids is 1. The van der Waals surface area contributed by atoms with Gasteiger partial charge in [-0.25, -0.2) is 0 Å². The molecule has 5 heteroatoms. The Balaban J connectivity index is 2.18. The maximum absolute atomic E-state index is 12.7. The lowest BCUT2D eigenvalue weighted by molar-refractivity contribution is -0.138. The summed E-state index contributed by atoms with van der Waals surface area (Å²) in [4.78, 5) is 23.7. The number of carbonyl (C=O) groups is 2. The van der Waals surface area contributed by atoms with E-state index in [2.05, 4.69) is 5.32 Å². The standard InChI is InChI=1S/C20H16ClNO3/c1-12(20(24)25)22-19(23)17-11-8-13-4-2-3-5-16(13)18(17)14-6-9-15(21)10-7-14/h2-12H,1H3,(H,22,23)(H,24,25)/t12-/m0/s1. The first-order chi connectivity index (χ1) is 12.0. The second kappa shape index (κ2) is 6.95. The number of amides is 1. The average Bonchev–Trinajstić information content (AvgIpc) is 2.61. The molecule has 0 aliphatic rings. The molecule has 4 nitrogen and oxygen atoms in total. The number of hydrogen-bond acceptors (Lipinski definition) is 2. The van der Waals surface area contributed by atoms with Crippen LogP contribution in [0.25, 0.3) is 21.9 Å². The number of nitrogens with one attached hydrogen (secondary N) is 1. The van der Waals surface area contributed by atoms with E-state index in [-0.39, 0.29) is 0 Å². The Morgan fingerprint density at radius 3 is 2.36 bits per heavy atom. The van der Waals surface area contributed by atoms with Crippen molar-refractivity contribution in [2.75, 3.05) is 0 Å². The maximum atomic E-state index is 12.7. The van der Waals surface area contributed by atoms with Crippen molar-refractivity contribution in [2.24, 2.45) is 0 Å². The van der Waals surface area contributed by atoms with E-state index >= 15 is 0 Å². The second-order valence-corrected chi connectivity index (χ2v) is 6.19. The Hall–Kier alpha value is -2.85. The first-order valence-electron chi connectivity index (χ1n) is 7.78. The molecule has 0 saturated carbocycles. The molecule has 0 heterocycles. The highest BCUT2D eigenvalue weighted by molar-refractivity contribution is 6.30. The molecule has 0 aromatic heterocycles. The molecular formula is C20H16ClNO3. The molecule has 1 atom stereocenters. The number of aliphatic carboxylic acids is 1. The molecule has 0 saturated heterocycles. The molecule has 25 heavy (non-hydrogen) atoms. The van der Waals surface area contributed by atoms with Crippen LogP contribution in [0.2, 0.25) is 5.02 Å². The van der Waals surface area contributed by atoms with Gasteiger partial charge in [-0.3, -0.25) is 9.59 Å². The Kier molecular flexibility index (Phi) is 4.72. The molecule has 0 fully saturated rings. The monoisotopic (exact) mass is 353 g/mol. The zero-order valence-electron chi connectivity index (χ0n) is 13.5. The van der Waals surface area contributed by atoms with Crippen LogP contribution in [0.1, 0.15) is 17.3 Å². The summed E-state index contributed by atoms with van der Waals surface area (Å²) in [7, 11) is 0. The van der Waals surface area contributed by atoms with E-state index in [0.29, 0.717) is 10.6 Å². The highest BCUT2D eigenvalue weighted by atomic mass is 35.5. The molecule has 0 bridgehead atoms. The van der Waals surface area contributed by atoms with Crippen LogP contribution in [0.5, 0.6) is 0 Å². The Morgan fingerprint density at radius 1 is 1.00 bits per heavy atom. The molecule has 0 radical (unpaired) electrons. The van der Waals surface area contributed by atoms with Gasteiger partial charge in [0.15, 0.2) is 0 Å². The van der Waals surface area contributed by atoms with Crippen LogP contribution in [0.3, 0.4) is 0 Å². The van der Waals surface area contributed by atoms with E-state index in [1.807, 2.05) is 42.5 Å². The summed E-state index contributed by atoms with van der Waals surface area (Å²) in [5, 5.41) is 14.1. The van der Waals surface area contributed by atoms with E-state index in [9.17, 15) is 9.59 Å². The van der Waals surface area contributed by atoms with Crippen molar-refractivity contribution in [1.82, 2.24) is 5.32 Å². The van der Waals surface area contributed by atoms with Gasteiger partial charge in [0.25, 0.3) is 5.91 Å². The highest BCUT2D eigenvalue weighted by Crippen LogP contribution is 2.33. The third-order valence-corrected chi connectivity index (χ3v) is 4.28. The van der Waals surface area contributed by atoms with Gasteiger partial charge < -0.3 is 10.4 Å². The van der Waals surface area contributed by atoms with E-state index in [1.54, 1.807) is 18.2 Å². The smallest absolute Gasteiger partial charge is 0.325 e. The highest BCUT2D eigenvalue weighted by Gasteiger charge is 2.20. The molecule has 3 aromatic carbocycles. The summed E-state index contributed by atoms with van der Waals surface area (Å²) < 4.78 is 0. The van der Waals surface area contributed by atoms with Crippen LogP contribution in [-0.4, -0.2) is 23.0 Å². The summed E-state index contributed by atoms with van der Waals surface area (Å²) in [6, 6.07) is 17.6. The normalized spacial score (nSPS) is 11.9. The summed E-state index contributed by atoms with van der Waals surface area (Å²) in [5.41, 5.74) is 2.02. The van der Waals surface area contributed by atoms with Gasteiger partial charge in [0.1, 0.15) is 6.04 Å². The molecule has 126 valence electrons. The summed E-state index contributed by atoms with van der Waals surface area (Å²) >= 11 is 5.98. The van der Waals surface area contributed by atoms with Crippen LogP contribution in [0.4, 0.5) is 0 Å². The van der Waals surface area contributed by atoms with Gasteiger partial charge in [-0.05, 0) is 41.5 Å². The lowest BCUT2D eigenvalue weighted by Gasteiger charge is -2.15. The van der Waals surface area contributed by atoms with Crippen molar-refractivity contribution in [3.8, 4) is 11.1 Å². The minimum atomic E-state index is -1.08. The van der Waals surface area contributed by atoms with E-state index in [4.69, 9.17) is 16.7 Å². The minimum absolute atomic E-state index is 0.425. The summed E-state index contributed by atoms with van der Waals surface area (Å²) in [5.74, 6) is -1.51. The fourth-order valence-electron chi connectivity index (χ4n) is 2.72. The molecule has 3 rings (SSSR count). The molecule has 0 aliphatic heterocycles. The number of carbonyl (C=O) groups excluding carboxylic acids is 1. The van der Waals surface area contributed by atoms with Crippen molar-refractivity contribution in [2.45, 2.75) is 13.0 Å². The molecule has 3 aromatic rings. The second-order valence-electron chi connectivity index (χ2n) is 5.75. The Morgan fingerprint density at radius 2 is 1.68 bits per heavy atom. The van der Waals surface area contributed by atoms with E-state index in [0.717, 1.165) is 21.9 Å². The van der Waals surface area contributed by atoms with Crippen molar-refractivity contribution in [3.63, 3.8) is 0 Å². The fraction of sp³-hybridized carbons (Fsp3) is 0.100. The van der Waals surface area contributed by atoms with Crippen molar-refractivity contribution >= 4 is 34.2 Å². The largest absolute Gasteiger partial charge is 0.480 e. The van der Waals surface area contributed by atoms with Crippen LogP contribution >= 0.6 is 11.6 Å². The van der Waals surface area contributed by atoms with Crippen LogP contribution in [-0.2, 0) is 4.79 Å². The molecule has 0 aliphatic carbocycles. The van der Waals surface area contributed by atoms with Crippen molar-refractivity contribution < 1.29 is 14.7 Å². The van der Waals surface area contributed by atoms with Crippen LogP contribution < -0.4 is 5.32 Å². The maximum Gasteiger partial charge on any atom is 0.325 e. The summed E-state index contributed by atoms with van der Waals surface area (Å²) in [6.07, 6.45) is 0. The van der Waals surface area contributed by atoms with Crippen LogP contribution in [0, 0.1) is 0 Å². The minimum Gasteiger partial charge on any atom is -0.480 e. The van der Waals surface area contributed by atoms with Gasteiger partial charge in [-0.15, -0.1) is 0 Å². The first kappa shape index (κ1) is 17.0. The topological polar surface area (TPSA) is 66.4 Å². The Labute approximate surface area is 150 Å². The number of halogens is 1. The van der Waals surface area contributed by atoms with Gasteiger partial charge >= 0.3 is 5.97 Å². The van der Waals surface area contributed by atoms with Gasteiger partial charge in [-0.2, -0.15) is 0 Å². The molecule has 2 N–H and O–H groups in total. The predicted octanol–water partition coefficient (Wildman–Crippen LogP) is 4.36. The SMILES string of the molecule is C[C@H](NC(=O)c1ccc2ccccc2c1-c1ccc(Cl)cc1)C(=O)O. The predicted molar refractivity (Wildman–Crippen MR) is 99.0 cm³/mol. The number of benzene rings is 3. The lowest BCUT2D eigenvalue weighted by atomic mass is 9.93. The molecule has 1 amide bonds. The van der Waals surface area contributed by atoms with Gasteiger partial charge in [0.2, 0.25) is 0 Å². The Bertz CT molecular complexity index is 951. The first-order valence-corrected chi connectivity index (χ1v) is 8.16. The quantitative estimate of drug-likeness (QED) is 0.732. The third kappa shape index (κ3) is 3.49.